The first-order valence-electron chi connectivity index (χ1n) is 5.64. The molecule has 7 nitrogen and oxygen atoms in total. The Kier molecular flexibility index (Phi) is 4.31. The molecule has 1 unspecified atom stereocenters. The Hall–Kier alpha value is -1.70. The number of rotatable bonds is 5. The maximum atomic E-state index is 9.49. The zero-order valence-corrected chi connectivity index (χ0v) is 10.8. The Bertz CT molecular complexity index is 598. The highest BCUT2D eigenvalue weighted by Gasteiger charge is 2.17. The standard InChI is InChI=1S/C11H14ClN5O2/c12-2-7(3-18)1-8(4-19)17-6-16-9-10(13)14-5-15-11(9)17/h2,5-6,8,18-19H,1,3-4H2,(H2,13,14,15)/b7-2-. The summed E-state index contributed by atoms with van der Waals surface area (Å²) in [6, 6.07) is -0.323. The summed E-state index contributed by atoms with van der Waals surface area (Å²) in [7, 11) is 0. The molecule has 0 aliphatic heterocycles. The summed E-state index contributed by atoms with van der Waals surface area (Å²) in [6.45, 7) is -0.298. The third-order valence-corrected chi connectivity index (χ3v) is 3.16. The number of aliphatic hydroxyl groups excluding tert-OH is 2. The van der Waals surface area contributed by atoms with Crippen molar-refractivity contribution in [1.82, 2.24) is 19.5 Å². The second kappa shape index (κ2) is 5.96. The zero-order valence-electron chi connectivity index (χ0n) is 10.1. The van der Waals surface area contributed by atoms with E-state index in [4.69, 9.17) is 22.4 Å². The molecular weight excluding hydrogens is 270 g/mol. The second-order valence-electron chi connectivity index (χ2n) is 4.05. The number of fused-ring (bicyclic) bond motifs is 1. The lowest BCUT2D eigenvalue weighted by molar-refractivity contribution is 0.223. The molecule has 0 bridgehead atoms. The fourth-order valence-electron chi connectivity index (χ4n) is 1.83. The Morgan fingerprint density at radius 3 is 2.84 bits per heavy atom. The molecule has 0 aliphatic carbocycles. The molecule has 0 aliphatic rings. The predicted octanol–water partition coefficient (Wildman–Crippen LogP) is 0.447. The van der Waals surface area contributed by atoms with Crippen LogP contribution in [0.3, 0.4) is 0 Å². The summed E-state index contributed by atoms with van der Waals surface area (Å²) in [5.74, 6) is 0.288. The van der Waals surface area contributed by atoms with Crippen LogP contribution in [0.1, 0.15) is 12.5 Å². The molecular formula is C11H14ClN5O2. The Morgan fingerprint density at radius 1 is 1.42 bits per heavy atom. The molecule has 19 heavy (non-hydrogen) atoms. The van der Waals surface area contributed by atoms with Crippen LogP contribution in [0.5, 0.6) is 0 Å². The van der Waals surface area contributed by atoms with Crippen molar-refractivity contribution in [3.63, 3.8) is 0 Å². The Balaban J connectivity index is 2.39. The van der Waals surface area contributed by atoms with Crippen LogP contribution in [0.25, 0.3) is 11.2 Å². The van der Waals surface area contributed by atoms with Gasteiger partial charge in [0.1, 0.15) is 11.8 Å². The van der Waals surface area contributed by atoms with E-state index in [2.05, 4.69) is 15.0 Å². The quantitative estimate of drug-likeness (QED) is 0.735. The van der Waals surface area contributed by atoms with Gasteiger partial charge in [-0.25, -0.2) is 15.0 Å². The molecule has 1 atom stereocenters. The maximum absolute atomic E-state index is 9.49. The van der Waals surface area contributed by atoms with Crippen molar-refractivity contribution in [3.8, 4) is 0 Å². The van der Waals surface area contributed by atoms with Crippen LogP contribution < -0.4 is 5.73 Å². The third kappa shape index (κ3) is 2.67. The third-order valence-electron chi connectivity index (χ3n) is 2.85. The molecule has 102 valence electrons. The van der Waals surface area contributed by atoms with Gasteiger partial charge >= 0.3 is 0 Å². The van der Waals surface area contributed by atoms with Gasteiger partial charge in [-0.2, -0.15) is 0 Å². The van der Waals surface area contributed by atoms with Gasteiger partial charge in [0.2, 0.25) is 0 Å². The van der Waals surface area contributed by atoms with Gasteiger partial charge in [0, 0.05) is 5.54 Å². The van der Waals surface area contributed by atoms with E-state index in [-0.39, 0.29) is 25.1 Å². The summed E-state index contributed by atoms with van der Waals surface area (Å²) in [5, 5.41) is 18.6. The van der Waals surface area contributed by atoms with Crippen LogP contribution in [0, 0.1) is 0 Å². The van der Waals surface area contributed by atoms with E-state index in [0.29, 0.717) is 23.2 Å². The fraction of sp³-hybridized carbons (Fsp3) is 0.364. The average Bonchev–Trinajstić information content (AvgIpc) is 2.86. The number of hydrogen-bond acceptors (Lipinski definition) is 6. The number of imidazole rings is 1. The van der Waals surface area contributed by atoms with Gasteiger partial charge < -0.3 is 20.5 Å². The minimum absolute atomic E-state index is 0.135. The molecule has 0 spiro atoms. The summed E-state index contributed by atoms with van der Waals surface area (Å²) < 4.78 is 1.70. The number of aliphatic hydroxyl groups is 2. The fourth-order valence-corrected chi connectivity index (χ4v) is 1.99. The lowest BCUT2D eigenvalue weighted by Crippen LogP contribution is -2.15. The number of aromatic nitrogens is 4. The summed E-state index contributed by atoms with van der Waals surface area (Å²) in [4.78, 5) is 12.1. The number of nitrogens with two attached hydrogens (primary N) is 1. The van der Waals surface area contributed by atoms with E-state index in [1.807, 2.05) is 0 Å². The van der Waals surface area contributed by atoms with Crippen LogP contribution in [-0.4, -0.2) is 42.9 Å². The van der Waals surface area contributed by atoms with Crippen molar-refractivity contribution < 1.29 is 10.2 Å². The Labute approximate surface area is 114 Å². The van der Waals surface area contributed by atoms with Crippen molar-refractivity contribution in [2.75, 3.05) is 18.9 Å². The van der Waals surface area contributed by atoms with E-state index < -0.39 is 0 Å². The summed E-state index contributed by atoms with van der Waals surface area (Å²) in [5.41, 5.74) is 8.66. The van der Waals surface area contributed by atoms with Crippen LogP contribution in [0.4, 0.5) is 5.82 Å². The van der Waals surface area contributed by atoms with Gasteiger partial charge in [-0.05, 0) is 12.0 Å². The molecule has 0 fully saturated rings. The molecule has 0 saturated heterocycles. The van der Waals surface area contributed by atoms with Crippen molar-refractivity contribution in [2.24, 2.45) is 0 Å². The lowest BCUT2D eigenvalue weighted by Gasteiger charge is -2.17. The van der Waals surface area contributed by atoms with Crippen LogP contribution in [-0.2, 0) is 0 Å². The van der Waals surface area contributed by atoms with E-state index in [1.165, 1.54) is 11.9 Å². The molecule has 2 aromatic heterocycles. The molecule has 0 saturated carbocycles. The average molecular weight is 284 g/mol. The topological polar surface area (TPSA) is 110 Å². The first-order chi connectivity index (χ1) is 9.21. The maximum Gasteiger partial charge on any atom is 0.165 e. The summed E-state index contributed by atoms with van der Waals surface area (Å²) >= 11 is 5.60. The van der Waals surface area contributed by atoms with Crippen molar-refractivity contribution in [2.45, 2.75) is 12.5 Å². The van der Waals surface area contributed by atoms with Crippen molar-refractivity contribution >= 4 is 28.6 Å². The molecule has 2 aromatic rings. The van der Waals surface area contributed by atoms with E-state index in [9.17, 15) is 5.11 Å². The number of halogens is 1. The van der Waals surface area contributed by atoms with Gasteiger partial charge in [0.25, 0.3) is 0 Å². The highest BCUT2D eigenvalue weighted by atomic mass is 35.5. The van der Waals surface area contributed by atoms with Gasteiger partial charge in [0.05, 0.1) is 25.6 Å². The first kappa shape index (κ1) is 13.7. The zero-order chi connectivity index (χ0) is 13.8. The normalized spacial score (nSPS) is 13.9. The first-order valence-corrected chi connectivity index (χ1v) is 6.07. The molecule has 0 radical (unpaired) electrons. The van der Waals surface area contributed by atoms with Gasteiger partial charge in [-0.3, -0.25) is 0 Å². The molecule has 2 heterocycles. The van der Waals surface area contributed by atoms with Crippen LogP contribution in [0.2, 0.25) is 0 Å². The minimum Gasteiger partial charge on any atom is -0.394 e. The molecule has 8 heteroatoms. The lowest BCUT2D eigenvalue weighted by atomic mass is 10.1. The number of hydrogen-bond donors (Lipinski definition) is 3. The molecule has 4 N–H and O–H groups in total. The van der Waals surface area contributed by atoms with Crippen molar-refractivity contribution in [1.29, 1.82) is 0 Å². The van der Waals surface area contributed by atoms with E-state index in [1.54, 1.807) is 10.9 Å². The van der Waals surface area contributed by atoms with Gasteiger partial charge in [-0.1, -0.05) is 11.6 Å². The van der Waals surface area contributed by atoms with Crippen LogP contribution in [0.15, 0.2) is 23.8 Å². The van der Waals surface area contributed by atoms with E-state index >= 15 is 0 Å². The highest BCUT2D eigenvalue weighted by molar-refractivity contribution is 6.25. The SMILES string of the molecule is Nc1ncnc2c1ncn2C(CO)C/C(=C/Cl)CO. The second-order valence-corrected chi connectivity index (χ2v) is 4.27. The molecule has 0 amide bonds. The minimum atomic E-state index is -0.323. The number of anilines is 1. The Morgan fingerprint density at radius 2 is 2.21 bits per heavy atom. The number of nitrogens with zero attached hydrogens (tertiary/aromatic N) is 4. The smallest absolute Gasteiger partial charge is 0.165 e. The van der Waals surface area contributed by atoms with E-state index in [0.717, 1.165) is 0 Å². The highest BCUT2D eigenvalue weighted by Crippen LogP contribution is 2.23. The number of nitrogen functional groups attached to an aromatic ring is 1. The molecule has 2 rings (SSSR count). The summed E-state index contributed by atoms with van der Waals surface area (Å²) in [6.07, 6.45) is 3.28. The van der Waals surface area contributed by atoms with Gasteiger partial charge in [0.15, 0.2) is 11.5 Å². The molecule has 0 aromatic carbocycles. The van der Waals surface area contributed by atoms with Gasteiger partial charge in [-0.15, -0.1) is 0 Å². The monoisotopic (exact) mass is 283 g/mol. The predicted molar refractivity (Wildman–Crippen MR) is 71.5 cm³/mol. The van der Waals surface area contributed by atoms with Crippen molar-refractivity contribution in [3.05, 3.63) is 23.8 Å². The van der Waals surface area contributed by atoms with Crippen LogP contribution >= 0.6 is 11.6 Å². The largest absolute Gasteiger partial charge is 0.394 e.